The number of nitrogens with zero attached hydrogens (tertiary/aromatic N) is 18. The summed E-state index contributed by atoms with van der Waals surface area (Å²) in [4.78, 5) is 56.0. The van der Waals surface area contributed by atoms with Gasteiger partial charge in [-0.3, -0.25) is 9.97 Å². The van der Waals surface area contributed by atoms with Crippen molar-refractivity contribution >= 4 is 120 Å². The highest BCUT2D eigenvalue weighted by Gasteiger charge is 2.24. The lowest BCUT2D eigenvalue weighted by Crippen LogP contribution is -2.00. The van der Waals surface area contributed by atoms with E-state index in [4.69, 9.17) is 64.3 Å². The molecular weight excluding hydrogens is 1760 g/mol. The molecule has 28 aromatic rings. The van der Waals surface area contributed by atoms with Gasteiger partial charge in [0.15, 0.2) is 17.5 Å². The second-order valence-electron chi connectivity index (χ2n) is 34.8. The number of aromatic nitrogens is 18. The molecule has 20 heteroatoms. The minimum absolute atomic E-state index is 0.631. The summed E-state index contributed by atoms with van der Waals surface area (Å²) in [7, 11) is 0. The molecule has 668 valence electrons. The third kappa shape index (κ3) is 15.8. The van der Waals surface area contributed by atoms with Crippen LogP contribution in [-0.4, -0.2) is 90.4 Å². The summed E-state index contributed by atoms with van der Waals surface area (Å²) in [6.45, 7) is 0. The third-order valence-electron chi connectivity index (χ3n) is 26.1. The van der Waals surface area contributed by atoms with Crippen molar-refractivity contribution in [2.24, 2.45) is 0 Å². The standard InChI is InChI=1S/C46H29N7.C40H24N6O.C37H21N5O/c1-4-12-33(13-5-1)44-48-45(34-14-6-2-7-15-34)50-46(49-44)35-26-22-31(23-27-35)30-20-24-32(25-21-30)42-38-28-29-40-43(41(38)37-18-10-11-19-39(37)47-42)52-53(51-40)36-16-8-3-9-17-36;1-2-11-32-30(10-1)38-31(18-19-35-40(38)46-47-45-35)39(44-32)28-9-7-8-27(22-28)25-14-16-26(17-15-25)29-23-36(33-12-3-5-20-41-33)43-37(24-29)34-13-4-6-21-42-34;1-2-7-22(8-3-1)29-18-15-23-13-14-24-16-19-30(39-36(24)35(23)38-29)25-9-6-10-26(21-25)34-28-17-20-32-37(42-43-41-32)33(28)27-11-4-5-12-31(27)40-34/h1-29H;1-24H;1-21H. The number of hydrogen-bond acceptors (Lipinski definition) is 19. The summed E-state index contributed by atoms with van der Waals surface area (Å²) in [6, 6.07) is 148. The van der Waals surface area contributed by atoms with Crippen molar-refractivity contribution in [2.75, 3.05) is 0 Å². The first-order chi connectivity index (χ1) is 70.8. The molecule has 0 unspecified atom stereocenters. The third-order valence-corrected chi connectivity index (χ3v) is 26.1. The molecule has 0 aliphatic rings. The molecule has 0 saturated carbocycles. The Morgan fingerprint density at radius 1 is 0.175 bits per heavy atom. The molecule has 16 aromatic carbocycles. The van der Waals surface area contributed by atoms with Gasteiger partial charge in [-0.1, -0.05) is 309 Å². The second kappa shape index (κ2) is 35.9. The molecule has 20 nitrogen and oxygen atoms in total. The van der Waals surface area contributed by atoms with Crippen LogP contribution in [0, 0.1) is 0 Å². The first kappa shape index (κ1) is 83.6. The average Bonchev–Trinajstić information content (AvgIpc) is 1.28. The zero-order chi connectivity index (χ0) is 94.6. The van der Waals surface area contributed by atoms with Gasteiger partial charge in [0.2, 0.25) is 0 Å². The molecule has 0 aliphatic carbocycles. The van der Waals surface area contributed by atoms with Crippen molar-refractivity contribution in [1.29, 1.82) is 0 Å². The van der Waals surface area contributed by atoms with Crippen LogP contribution in [0.3, 0.4) is 0 Å². The normalized spacial score (nSPS) is 11.5. The summed E-state index contributed by atoms with van der Waals surface area (Å²) >= 11 is 0. The van der Waals surface area contributed by atoms with E-state index in [0.717, 1.165) is 255 Å². The lowest BCUT2D eigenvalue weighted by atomic mass is 9.95. The highest BCUT2D eigenvalue weighted by Crippen LogP contribution is 2.44. The largest absolute Gasteiger partial charge is 0.255 e. The van der Waals surface area contributed by atoms with Crippen LogP contribution in [-0.2, 0) is 0 Å². The quantitative estimate of drug-likeness (QED) is 0.0917. The Hall–Kier alpha value is -20.0. The van der Waals surface area contributed by atoms with E-state index >= 15 is 0 Å². The summed E-state index contributed by atoms with van der Waals surface area (Å²) in [6.07, 6.45) is 3.57. The van der Waals surface area contributed by atoms with Crippen LogP contribution in [0.4, 0.5) is 0 Å². The van der Waals surface area contributed by atoms with Gasteiger partial charge in [0.1, 0.15) is 33.1 Å². The van der Waals surface area contributed by atoms with E-state index in [9.17, 15) is 0 Å². The summed E-state index contributed by atoms with van der Waals surface area (Å²) in [5.41, 5.74) is 32.2. The molecule has 0 aliphatic heterocycles. The molecule has 0 radical (unpaired) electrons. The van der Waals surface area contributed by atoms with Crippen LogP contribution >= 0.6 is 0 Å². The van der Waals surface area contributed by atoms with Gasteiger partial charge in [0, 0.05) is 116 Å². The molecule has 12 heterocycles. The summed E-state index contributed by atoms with van der Waals surface area (Å²) in [5, 5.41) is 37.7. The maximum absolute atomic E-state index is 5.18. The minimum atomic E-state index is 0.631. The zero-order valence-corrected chi connectivity index (χ0v) is 76.1. The SMILES string of the molecule is c1ccc(-c2cc(-c3ccc(-c4cccc(-c5nc6ccccc6c6c5ccc5nonc56)c4)cc3)cc(-c3ccccn3)n2)nc1.c1ccc(-c2ccc3ccc4ccc(-c5cccc(-c6nc7ccccc7c7c6ccc6nonc67)c5)nc4c3n2)cc1.c1ccc(-c2nc(-c3ccccc3)nc(-c3ccc(-c4ccc(-c5nc6ccccc6c6c5ccc5nn(-c7ccccc7)nc56)cc4)cc3)n2)cc1. The van der Waals surface area contributed by atoms with Crippen molar-refractivity contribution in [1.82, 2.24) is 90.4 Å². The molecule has 0 saturated heterocycles. The van der Waals surface area contributed by atoms with Gasteiger partial charge in [0.25, 0.3) is 0 Å². The van der Waals surface area contributed by atoms with Gasteiger partial charge < -0.3 is 0 Å². The number of hydrogen-bond donors (Lipinski definition) is 0. The molecular formula is C123H74N18O2. The van der Waals surface area contributed by atoms with Crippen molar-refractivity contribution in [3.05, 3.63) is 449 Å². The molecule has 0 atom stereocenters. The molecule has 0 spiro atoms. The van der Waals surface area contributed by atoms with E-state index in [0.29, 0.717) is 17.5 Å². The molecule has 28 rings (SSSR count). The summed E-state index contributed by atoms with van der Waals surface area (Å²) in [5.74, 6) is 1.92. The molecule has 0 amide bonds. The van der Waals surface area contributed by atoms with Crippen LogP contribution in [0.25, 0.3) is 272 Å². The van der Waals surface area contributed by atoms with Crippen molar-refractivity contribution < 1.29 is 9.26 Å². The van der Waals surface area contributed by atoms with Gasteiger partial charge in [0.05, 0.1) is 84.5 Å². The van der Waals surface area contributed by atoms with Crippen LogP contribution in [0.1, 0.15) is 0 Å². The van der Waals surface area contributed by atoms with E-state index < -0.39 is 0 Å². The second-order valence-corrected chi connectivity index (χ2v) is 34.8. The number of pyridine rings is 8. The predicted octanol–water partition coefficient (Wildman–Crippen LogP) is 29.1. The highest BCUT2D eigenvalue weighted by molar-refractivity contribution is 6.23. The smallest absolute Gasteiger partial charge is 0.164 e. The van der Waals surface area contributed by atoms with Crippen LogP contribution in [0.5, 0.6) is 0 Å². The molecule has 0 N–H and O–H groups in total. The van der Waals surface area contributed by atoms with Crippen molar-refractivity contribution in [3.8, 4) is 152 Å². The lowest BCUT2D eigenvalue weighted by Gasteiger charge is -2.12. The molecule has 0 bridgehead atoms. The van der Waals surface area contributed by atoms with E-state index in [2.05, 4.69) is 261 Å². The lowest BCUT2D eigenvalue weighted by molar-refractivity contribution is 0.316. The zero-order valence-electron chi connectivity index (χ0n) is 76.1. The van der Waals surface area contributed by atoms with E-state index in [-0.39, 0.29) is 0 Å². The fraction of sp³-hybridized carbons (Fsp3) is 0. The van der Waals surface area contributed by atoms with E-state index in [1.807, 2.05) is 206 Å². The Labute approximate surface area is 815 Å². The number of fused-ring (bicyclic) bond motifs is 18. The minimum Gasteiger partial charge on any atom is -0.255 e. The molecule has 143 heavy (non-hydrogen) atoms. The number of rotatable bonds is 14. The van der Waals surface area contributed by atoms with Gasteiger partial charge in [-0.15, -0.1) is 10.2 Å². The fourth-order valence-corrected chi connectivity index (χ4v) is 19.1. The molecule has 0 fully saturated rings. The number of benzene rings is 16. The highest BCUT2D eigenvalue weighted by atomic mass is 16.6. The monoisotopic (exact) mass is 1830 g/mol. The Morgan fingerprint density at radius 2 is 0.538 bits per heavy atom. The predicted molar refractivity (Wildman–Crippen MR) is 569 cm³/mol. The van der Waals surface area contributed by atoms with Crippen molar-refractivity contribution in [2.45, 2.75) is 0 Å². The van der Waals surface area contributed by atoms with Crippen molar-refractivity contribution in [3.63, 3.8) is 0 Å². The van der Waals surface area contributed by atoms with Crippen LogP contribution < -0.4 is 0 Å². The summed E-state index contributed by atoms with van der Waals surface area (Å²) < 4.78 is 10.2. The Morgan fingerprint density at radius 3 is 1.02 bits per heavy atom. The molecule has 12 aromatic heterocycles. The van der Waals surface area contributed by atoms with Gasteiger partial charge in [-0.25, -0.2) is 54.1 Å². The average molecular weight is 1840 g/mol. The van der Waals surface area contributed by atoms with Crippen LogP contribution in [0.2, 0.25) is 0 Å². The Bertz CT molecular complexity index is 9660. The first-order valence-corrected chi connectivity index (χ1v) is 46.9. The fourth-order valence-electron chi connectivity index (χ4n) is 19.1. The maximum Gasteiger partial charge on any atom is 0.164 e. The van der Waals surface area contributed by atoms with Gasteiger partial charge >= 0.3 is 0 Å². The first-order valence-electron chi connectivity index (χ1n) is 46.9. The van der Waals surface area contributed by atoms with Crippen LogP contribution in [0.15, 0.2) is 458 Å². The Kier molecular flexibility index (Phi) is 21.0. The topological polar surface area (TPSA) is 250 Å². The maximum atomic E-state index is 5.18. The van der Waals surface area contributed by atoms with E-state index in [1.165, 1.54) is 0 Å². The van der Waals surface area contributed by atoms with E-state index in [1.54, 1.807) is 17.2 Å². The number of para-hydroxylation sites is 4. The Balaban J connectivity index is 0.000000110. The van der Waals surface area contributed by atoms with Gasteiger partial charge in [-0.05, 0) is 181 Å². The van der Waals surface area contributed by atoms with Gasteiger partial charge in [-0.2, -0.15) is 4.80 Å².